The van der Waals surface area contributed by atoms with Gasteiger partial charge in [-0.25, -0.2) is 13.8 Å². The number of benzene rings is 1. The summed E-state index contributed by atoms with van der Waals surface area (Å²) in [6, 6.07) is 5.99. The Morgan fingerprint density at radius 1 is 1.30 bits per heavy atom. The lowest BCUT2D eigenvalue weighted by Gasteiger charge is -2.12. The number of hydrogen-bond acceptors (Lipinski definition) is 3. The van der Waals surface area contributed by atoms with Gasteiger partial charge in [0.05, 0.1) is 6.61 Å². The third-order valence-corrected chi connectivity index (χ3v) is 3.38. The van der Waals surface area contributed by atoms with Gasteiger partial charge in [-0.1, -0.05) is 11.6 Å². The van der Waals surface area contributed by atoms with E-state index in [-0.39, 0.29) is 22.9 Å². The number of carbonyl (C=O) groups excluding carboxylic acids is 1. The summed E-state index contributed by atoms with van der Waals surface area (Å²) in [6.45, 7) is 0.0526. The number of hydrogen-bond donors (Lipinski definition) is 0. The van der Waals surface area contributed by atoms with Crippen molar-refractivity contribution in [1.29, 1.82) is 0 Å². The molecule has 1 aliphatic heterocycles. The minimum atomic E-state index is -1.38. The van der Waals surface area contributed by atoms with Gasteiger partial charge in [0.2, 0.25) is 5.78 Å². The number of ketones is 1. The average molecular weight is 296 g/mol. The fourth-order valence-corrected chi connectivity index (χ4v) is 2.15. The third kappa shape index (κ3) is 2.09. The quantitative estimate of drug-likeness (QED) is 0.496. The Morgan fingerprint density at radius 2 is 2.05 bits per heavy atom. The predicted octanol–water partition coefficient (Wildman–Crippen LogP) is 3.12. The Morgan fingerprint density at radius 3 is 2.60 bits per heavy atom. The van der Waals surface area contributed by atoms with Crippen molar-refractivity contribution in [2.24, 2.45) is 0 Å². The molecule has 2 aromatic rings. The summed E-state index contributed by atoms with van der Waals surface area (Å²) in [6.07, 6.45) is 1.30. The molecule has 0 bridgehead atoms. The molecule has 0 radical (unpaired) electrons. The summed E-state index contributed by atoms with van der Waals surface area (Å²) < 4.78 is 31.9. The number of Topliss-reactive ketones (excluding diaryl/α,β-unsaturated/α-hetero) is 1. The lowest BCUT2D eigenvalue weighted by atomic mass is 9.91. The van der Waals surface area contributed by atoms with Crippen LogP contribution < -0.4 is 0 Å². The van der Waals surface area contributed by atoms with Gasteiger partial charge in [-0.3, -0.25) is 4.79 Å². The molecule has 1 atom stereocenters. The summed E-state index contributed by atoms with van der Waals surface area (Å²) in [5, 5.41) is 0.250. The van der Waals surface area contributed by atoms with Crippen molar-refractivity contribution >= 4 is 17.4 Å². The number of epoxide rings is 1. The smallest absolute Gasteiger partial charge is 0.203 e. The highest BCUT2D eigenvalue weighted by atomic mass is 35.5. The van der Waals surface area contributed by atoms with Gasteiger partial charge in [0.15, 0.2) is 5.60 Å². The molecule has 0 saturated carbocycles. The zero-order chi connectivity index (χ0) is 14.3. The molecule has 1 saturated heterocycles. The van der Waals surface area contributed by atoms with Crippen molar-refractivity contribution in [3.8, 4) is 0 Å². The summed E-state index contributed by atoms with van der Waals surface area (Å²) in [4.78, 5) is 16.2. The van der Waals surface area contributed by atoms with E-state index >= 15 is 0 Å². The molecule has 2 heterocycles. The maximum atomic E-state index is 13.8. The first-order valence-corrected chi connectivity index (χ1v) is 6.16. The number of halogens is 3. The fourth-order valence-electron chi connectivity index (χ4n) is 2.04. The van der Waals surface area contributed by atoms with Crippen LogP contribution in [0.1, 0.15) is 15.9 Å². The minimum absolute atomic E-state index is 0.0267. The van der Waals surface area contributed by atoms with Gasteiger partial charge in [-0.05, 0) is 24.3 Å². The van der Waals surface area contributed by atoms with E-state index in [1.165, 1.54) is 24.4 Å². The molecular formula is C14H8ClF2NO2. The number of pyridine rings is 1. The van der Waals surface area contributed by atoms with Crippen LogP contribution in [0.5, 0.6) is 0 Å². The SMILES string of the molecule is O=C(c1ccc(Cl)nc1)C1(c2ccc(F)cc2F)CO1. The number of ether oxygens (including phenoxy) is 1. The van der Waals surface area contributed by atoms with Crippen molar-refractivity contribution in [1.82, 2.24) is 4.98 Å². The molecule has 20 heavy (non-hydrogen) atoms. The maximum absolute atomic E-state index is 13.8. The Labute approximate surface area is 118 Å². The summed E-state index contributed by atoms with van der Waals surface area (Å²) >= 11 is 5.65. The first-order chi connectivity index (χ1) is 9.53. The number of aromatic nitrogens is 1. The zero-order valence-electron chi connectivity index (χ0n) is 10.1. The van der Waals surface area contributed by atoms with E-state index < -0.39 is 23.0 Å². The third-order valence-electron chi connectivity index (χ3n) is 3.16. The van der Waals surface area contributed by atoms with Crippen molar-refractivity contribution < 1.29 is 18.3 Å². The van der Waals surface area contributed by atoms with E-state index in [0.29, 0.717) is 0 Å². The highest BCUT2D eigenvalue weighted by molar-refractivity contribution is 6.29. The van der Waals surface area contributed by atoms with Crippen LogP contribution in [0, 0.1) is 11.6 Å². The Balaban J connectivity index is 2.00. The first kappa shape index (κ1) is 13.1. The molecule has 6 heteroatoms. The highest BCUT2D eigenvalue weighted by Gasteiger charge is 2.55. The molecule has 3 nitrogen and oxygen atoms in total. The topological polar surface area (TPSA) is 42.5 Å². The lowest BCUT2D eigenvalue weighted by molar-refractivity contribution is 0.0866. The van der Waals surface area contributed by atoms with Crippen LogP contribution in [0.4, 0.5) is 8.78 Å². The molecule has 0 N–H and O–H groups in total. The molecular weight excluding hydrogens is 288 g/mol. The average Bonchev–Trinajstić information content (AvgIpc) is 3.20. The Hall–Kier alpha value is -1.85. The number of nitrogens with zero attached hydrogens (tertiary/aromatic N) is 1. The van der Waals surface area contributed by atoms with Crippen LogP contribution >= 0.6 is 11.6 Å². The van der Waals surface area contributed by atoms with Crippen LogP contribution in [0.25, 0.3) is 0 Å². The fraction of sp³-hybridized carbons (Fsp3) is 0.143. The van der Waals surface area contributed by atoms with E-state index in [4.69, 9.17) is 16.3 Å². The van der Waals surface area contributed by atoms with Gasteiger partial charge < -0.3 is 4.74 Å². The predicted molar refractivity (Wildman–Crippen MR) is 67.6 cm³/mol. The van der Waals surface area contributed by atoms with Gasteiger partial charge in [0.25, 0.3) is 0 Å². The summed E-state index contributed by atoms with van der Waals surface area (Å²) in [7, 11) is 0. The standard InChI is InChI=1S/C14H8ClF2NO2/c15-12-4-1-8(6-18-12)13(19)14(7-20-14)10-3-2-9(16)5-11(10)17/h1-6H,7H2. The van der Waals surface area contributed by atoms with E-state index in [2.05, 4.69) is 4.98 Å². The van der Waals surface area contributed by atoms with Crippen molar-refractivity contribution in [3.05, 3.63) is 64.4 Å². The highest BCUT2D eigenvalue weighted by Crippen LogP contribution is 2.43. The molecule has 1 unspecified atom stereocenters. The van der Waals surface area contributed by atoms with E-state index in [9.17, 15) is 13.6 Å². The van der Waals surface area contributed by atoms with Crippen molar-refractivity contribution in [2.45, 2.75) is 5.60 Å². The van der Waals surface area contributed by atoms with Gasteiger partial charge in [-0.2, -0.15) is 0 Å². The van der Waals surface area contributed by atoms with Crippen LogP contribution in [-0.2, 0) is 10.3 Å². The largest absolute Gasteiger partial charge is 0.356 e. The molecule has 102 valence electrons. The van der Waals surface area contributed by atoms with E-state index in [0.717, 1.165) is 12.1 Å². The van der Waals surface area contributed by atoms with Crippen LogP contribution in [0.15, 0.2) is 36.5 Å². The molecule has 3 rings (SSSR count). The molecule has 0 spiro atoms. The molecule has 0 aliphatic carbocycles. The Bertz CT molecular complexity index is 684. The monoisotopic (exact) mass is 295 g/mol. The summed E-state index contributed by atoms with van der Waals surface area (Å²) in [5.41, 5.74) is -1.10. The van der Waals surface area contributed by atoms with Gasteiger partial charge in [-0.15, -0.1) is 0 Å². The molecule has 1 aliphatic rings. The van der Waals surface area contributed by atoms with Crippen molar-refractivity contribution in [3.63, 3.8) is 0 Å². The first-order valence-electron chi connectivity index (χ1n) is 5.79. The second-order valence-electron chi connectivity index (χ2n) is 4.44. The maximum Gasteiger partial charge on any atom is 0.203 e. The van der Waals surface area contributed by atoms with E-state index in [1.807, 2.05) is 0 Å². The Kier molecular flexibility index (Phi) is 3.03. The second-order valence-corrected chi connectivity index (χ2v) is 4.83. The van der Waals surface area contributed by atoms with Gasteiger partial charge in [0, 0.05) is 23.4 Å². The minimum Gasteiger partial charge on any atom is -0.356 e. The van der Waals surface area contributed by atoms with E-state index in [1.54, 1.807) is 0 Å². The summed E-state index contributed by atoms with van der Waals surface area (Å²) in [5.74, 6) is -1.94. The van der Waals surface area contributed by atoms with Crippen molar-refractivity contribution in [2.75, 3.05) is 6.61 Å². The van der Waals surface area contributed by atoms with Crippen LogP contribution in [0.3, 0.4) is 0 Å². The normalized spacial score (nSPS) is 20.8. The number of carbonyl (C=O) groups is 1. The van der Waals surface area contributed by atoms with Crippen LogP contribution in [0.2, 0.25) is 5.15 Å². The molecule has 1 aromatic carbocycles. The molecule has 0 amide bonds. The second kappa shape index (κ2) is 4.61. The van der Waals surface area contributed by atoms with Gasteiger partial charge >= 0.3 is 0 Å². The van der Waals surface area contributed by atoms with Crippen LogP contribution in [-0.4, -0.2) is 17.4 Å². The molecule has 1 aromatic heterocycles. The number of rotatable bonds is 3. The lowest BCUT2D eigenvalue weighted by Crippen LogP contribution is -2.24. The van der Waals surface area contributed by atoms with Gasteiger partial charge in [0.1, 0.15) is 16.8 Å². The zero-order valence-corrected chi connectivity index (χ0v) is 10.8. The molecule has 1 fully saturated rings.